The summed E-state index contributed by atoms with van der Waals surface area (Å²) < 4.78 is 9.83. The molecule has 1 fully saturated rings. The minimum Gasteiger partial charge on any atom is -0.479 e. The quantitative estimate of drug-likeness (QED) is 0.248. The summed E-state index contributed by atoms with van der Waals surface area (Å²) in [6, 6.07) is 0. The Hall–Kier alpha value is -2.24. The first-order chi connectivity index (χ1) is 11.6. The van der Waals surface area contributed by atoms with Crippen LogP contribution in [0.1, 0.15) is 20.3 Å². The Morgan fingerprint density at radius 3 is 1.60 bits per heavy atom. The second-order valence-corrected chi connectivity index (χ2v) is 5.02. The van der Waals surface area contributed by atoms with Gasteiger partial charge in [-0.2, -0.15) is 0 Å². The topological polar surface area (TPSA) is 180 Å². The number of carboxylic acid groups (broad SMARTS) is 2. The average Bonchev–Trinajstić information content (AvgIpc) is 3.05. The van der Waals surface area contributed by atoms with Crippen molar-refractivity contribution in [3.63, 3.8) is 0 Å². The molecule has 0 saturated carbocycles. The normalized spacial score (nSPS) is 17.4. The summed E-state index contributed by atoms with van der Waals surface area (Å²) in [6.45, 7) is 4.94. The van der Waals surface area contributed by atoms with Crippen LogP contribution >= 0.6 is 0 Å². The summed E-state index contributed by atoms with van der Waals surface area (Å²) >= 11 is 0. The lowest BCUT2D eigenvalue weighted by Crippen LogP contribution is -2.43. The molecule has 0 aromatic carbocycles. The zero-order chi connectivity index (χ0) is 19.6. The van der Waals surface area contributed by atoms with Crippen LogP contribution in [-0.4, -0.2) is 82.8 Å². The van der Waals surface area contributed by atoms with Crippen LogP contribution in [0.4, 0.5) is 0 Å². The second-order valence-electron chi connectivity index (χ2n) is 5.02. The molecule has 0 aromatic rings. The van der Waals surface area contributed by atoms with Crippen LogP contribution in [0.2, 0.25) is 0 Å². The highest BCUT2D eigenvalue weighted by Crippen LogP contribution is 2.29. The number of hydrogen-bond acceptors (Lipinski definition) is 9. The average molecular weight is 365 g/mol. The standard InChI is InChI=1S/C10H17NO4.C4H6O6/c1-3-14-8(12)10(5-6-11-7-10)9(13)15-4-2;5-1(3(7)8)2(6)4(9)10/h11H,3-7H2,1-2H3;1-2,5-6H,(H,7,8)(H,9,10)/t;1-,2-/m.1/s1. The van der Waals surface area contributed by atoms with Crippen molar-refractivity contribution in [2.24, 2.45) is 5.41 Å². The first-order valence-electron chi connectivity index (χ1n) is 7.50. The number of aliphatic carboxylic acids is 2. The number of hydrogen-bond donors (Lipinski definition) is 5. The van der Waals surface area contributed by atoms with Gasteiger partial charge in [-0.1, -0.05) is 0 Å². The minimum absolute atomic E-state index is 0.278. The van der Waals surface area contributed by atoms with E-state index >= 15 is 0 Å². The van der Waals surface area contributed by atoms with Crippen LogP contribution in [0.3, 0.4) is 0 Å². The highest BCUT2D eigenvalue weighted by molar-refractivity contribution is 6.00. The lowest BCUT2D eigenvalue weighted by atomic mass is 9.87. The monoisotopic (exact) mass is 365 g/mol. The highest BCUT2D eigenvalue weighted by atomic mass is 16.6. The van der Waals surface area contributed by atoms with Gasteiger partial charge in [0.25, 0.3) is 0 Å². The van der Waals surface area contributed by atoms with E-state index in [9.17, 15) is 19.2 Å². The molecule has 2 atom stereocenters. The van der Waals surface area contributed by atoms with Crippen LogP contribution in [-0.2, 0) is 28.7 Å². The van der Waals surface area contributed by atoms with Gasteiger partial charge in [0.15, 0.2) is 17.6 Å². The summed E-state index contributed by atoms with van der Waals surface area (Å²) in [5, 5.41) is 35.5. The molecule has 1 aliphatic rings. The molecular weight excluding hydrogens is 342 g/mol. The Morgan fingerprint density at radius 2 is 1.36 bits per heavy atom. The summed E-state index contributed by atoms with van der Waals surface area (Å²) in [5.41, 5.74) is -1.12. The maximum absolute atomic E-state index is 11.7. The van der Waals surface area contributed by atoms with Crippen molar-refractivity contribution in [3.05, 3.63) is 0 Å². The van der Waals surface area contributed by atoms with E-state index in [-0.39, 0.29) is 13.2 Å². The largest absolute Gasteiger partial charge is 0.479 e. The molecule has 0 amide bonds. The van der Waals surface area contributed by atoms with E-state index in [0.717, 1.165) is 0 Å². The molecule has 11 nitrogen and oxygen atoms in total. The van der Waals surface area contributed by atoms with Crippen LogP contribution < -0.4 is 5.32 Å². The summed E-state index contributed by atoms with van der Waals surface area (Å²) in [6.07, 6.45) is -4.08. The molecule has 0 spiro atoms. The lowest BCUT2D eigenvalue weighted by Gasteiger charge is -2.22. The van der Waals surface area contributed by atoms with Gasteiger partial charge in [0.1, 0.15) is 0 Å². The zero-order valence-corrected chi connectivity index (χ0v) is 13.9. The Balaban J connectivity index is 0.000000504. The van der Waals surface area contributed by atoms with Crippen molar-refractivity contribution < 1.29 is 49.1 Å². The smallest absolute Gasteiger partial charge is 0.335 e. The van der Waals surface area contributed by atoms with Gasteiger partial charge in [-0.15, -0.1) is 0 Å². The molecule has 11 heteroatoms. The number of esters is 2. The van der Waals surface area contributed by atoms with Gasteiger partial charge < -0.3 is 35.2 Å². The predicted molar refractivity (Wildman–Crippen MR) is 80.5 cm³/mol. The van der Waals surface area contributed by atoms with Crippen LogP contribution in [0.5, 0.6) is 0 Å². The maximum atomic E-state index is 11.7. The number of aliphatic hydroxyl groups excluding tert-OH is 2. The fraction of sp³-hybridized carbons (Fsp3) is 0.714. The highest BCUT2D eigenvalue weighted by Gasteiger charge is 2.50. The van der Waals surface area contributed by atoms with Crippen molar-refractivity contribution in [1.29, 1.82) is 0 Å². The minimum atomic E-state index is -2.27. The Labute approximate surface area is 143 Å². The van der Waals surface area contributed by atoms with Gasteiger partial charge in [-0.25, -0.2) is 9.59 Å². The summed E-state index contributed by atoms with van der Waals surface area (Å²) in [4.78, 5) is 43.0. The zero-order valence-electron chi connectivity index (χ0n) is 13.9. The molecule has 1 heterocycles. The van der Waals surface area contributed by atoms with Gasteiger partial charge in [-0.3, -0.25) is 9.59 Å². The van der Waals surface area contributed by atoms with E-state index in [0.29, 0.717) is 19.5 Å². The van der Waals surface area contributed by atoms with E-state index in [2.05, 4.69) is 5.32 Å². The number of rotatable bonds is 7. The molecule has 1 saturated heterocycles. The molecule has 144 valence electrons. The number of ether oxygens (including phenoxy) is 2. The van der Waals surface area contributed by atoms with E-state index in [1.54, 1.807) is 13.8 Å². The van der Waals surface area contributed by atoms with Crippen molar-refractivity contribution in [2.75, 3.05) is 26.3 Å². The summed E-state index contributed by atoms with van der Waals surface area (Å²) in [7, 11) is 0. The Kier molecular flexibility index (Phi) is 9.64. The van der Waals surface area contributed by atoms with Gasteiger partial charge in [0, 0.05) is 6.54 Å². The number of aliphatic hydroxyl groups is 2. The van der Waals surface area contributed by atoms with Gasteiger partial charge in [-0.05, 0) is 26.8 Å². The van der Waals surface area contributed by atoms with E-state index < -0.39 is 41.5 Å². The number of nitrogens with one attached hydrogen (secondary N) is 1. The molecule has 0 radical (unpaired) electrons. The molecular formula is C14H23NO10. The second kappa shape index (κ2) is 10.6. The first kappa shape index (κ1) is 22.8. The molecule has 0 aliphatic carbocycles. The van der Waals surface area contributed by atoms with Crippen molar-refractivity contribution in [1.82, 2.24) is 5.32 Å². The number of carbonyl (C=O) groups excluding carboxylic acids is 2. The van der Waals surface area contributed by atoms with Crippen molar-refractivity contribution in [3.8, 4) is 0 Å². The Morgan fingerprint density at radius 1 is 0.960 bits per heavy atom. The Bertz CT molecular complexity index is 448. The summed E-state index contributed by atoms with van der Waals surface area (Å²) in [5.74, 6) is -4.49. The van der Waals surface area contributed by atoms with Crippen LogP contribution in [0, 0.1) is 5.41 Å². The fourth-order valence-corrected chi connectivity index (χ4v) is 1.93. The molecule has 5 N–H and O–H groups in total. The van der Waals surface area contributed by atoms with Gasteiger partial charge in [0.05, 0.1) is 13.2 Å². The third-order valence-electron chi connectivity index (χ3n) is 3.29. The molecule has 1 aliphatic heterocycles. The SMILES string of the molecule is CCOC(=O)C1(C(=O)OCC)CCNC1.O=C(O)[C@H](O)[C@@H](O)C(=O)O. The molecule has 0 bridgehead atoms. The van der Waals surface area contributed by atoms with Crippen LogP contribution in [0.15, 0.2) is 0 Å². The molecule has 0 aromatic heterocycles. The third-order valence-corrected chi connectivity index (χ3v) is 3.29. The van der Waals surface area contributed by atoms with Gasteiger partial charge in [0.2, 0.25) is 0 Å². The van der Waals surface area contributed by atoms with Crippen LogP contribution in [0.25, 0.3) is 0 Å². The number of carboxylic acids is 2. The van der Waals surface area contributed by atoms with E-state index in [1.807, 2.05) is 0 Å². The lowest BCUT2D eigenvalue weighted by molar-refractivity contribution is -0.170. The van der Waals surface area contributed by atoms with Crippen molar-refractivity contribution >= 4 is 23.9 Å². The fourth-order valence-electron chi connectivity index (χ4n) is 1.93. The predicted octanol–water partition coefficient (Wildman–Crippen LogP) is -2.03. The van der Waals surface area contributed by atoms with Crippen molar-refractivity contribution in [2.45, 2.75) is 32.5 Å². The first-order valence-corrected chi connectivity index (χ1v) is 7.50. The van der Waals surface area contributed by atoms with E-state index in [1.165, 1.54) is 0 Å². The molecule has 25 heavy (non-hydrogen) atoms. The molecule has 0 unspecified atom stereocenters. The third kappa shape index (κ3) is 6.29. The maximum Gasteiger partial charge on any atom is 0.335 e. The number of carbonyl (C=O) groups is 4. The molecule has 1 rings (SSSR count). The van der Waals surface area contributed by atoms with E-state index in [4.69, 9.17) is 29.9 Å². The van der Waals surface area contributed by atoms with Gasteiger partial charge >= 0.3 is 23.9 Å².